The standard InChI is InChI=1S/C20H26O7/c1-9(7-21)19-13(26-19)14-20(27-14)17(2)5-3-10-11(8-25-15(10)22)12(17)4-6-18(20,24)16(19)23/h9,12-14,16,21,23-24H,3-8H2,1-2H3/t9?,12-,13-,14+,16-,17-,18+,19-,20+/m0/s1. The van der Waals surface area contributed by atoms with Crippen molar-refractivity contribution < 1.29 is 34.3 Å². The van der Waals surface area contributed by atoms with Gasteiger partial charge in [-0.05, 0) is 37.2 Å². The van der Waals surface area contributed by atoms with Gasteiger partial charge in [0.1, 0.15) is 41.7 Å². The zero-order valence-corrected chi connectivity index (χ0v) is 15.6. The van der Waals surface area contributed by atoms with Crippen molar-refractivity contribution in [3.63, 3.8) is 0 Å². The van der Waals surface area contributed by atoms with E-state index < -0.39 is 22.9 Å². The molecule has 148 valence electrons. The summed E-state index contributed by atoms with van der Waals surface area (Å²) in [5.41, 5.74) is -1.74. The zero-order chi connectivity index (χ0) is 19.0. The average molecular weight is 378 g/mol. The number of aliphatic hydroxyl groups is 3. The van der Waals surface area contributed by atoms with Crippen LogP contribution in [-0.2, 0) is 19.0 Å². The van der Waals surface area contributed by atoms with Crippen LogP contribution in [0.15, 0.2) is 11.1 Å². The molecule has 2 saturated carbocycles. The van der Waals surface area contributed by atoms with Gasteiger partial charge in [-0.1, -0.05) is 13.8 Å². The zero-order valence-electron chi connectivity index (χ0n) is 15.6. The summed E-state index contributed by atoms with van der Waals surface area (Å²) in [5, 5.41) is 32.8. The van der Waals surface area contributed by atoms with Crippen LogP contribution < -0.4 is 0 Å². The Morgan fingerprint density at radius 1 is 1.26 bits per heavy atom. The summed E-state index contributed by atoms with van der Waals surface area (Å²) < 4.78 is 17.6. The first-order valence-corrected chi connectivity index (χ1v) is 10.0. The van der Waals surface area contributed by atoms with E-state index in [0.717, 1.165) is 11.1 Å². The van der Waals surface area contributed by atoms with Crippen LogP contribution >= 0.6 is 0 Å². The number of esters is 1. The fourth-order valence-electron chi connectivity index (χ4n) is 7.42. The maximum absolute atomic E-state index is 12.0. The first-order valence-electron chi connectivity index (χ1n) is 10.0. The Bertz CT molecular complexity index is 793. The minimum atomic E-state index is -1.42. The first kappa shape index (κ1) is 16.9. The molecule has 2 saturated heterocycles. The lowest BCUT2D eigenvalue weighted by Gasteiger charge is -2.59. The van der Waals surface area contributed by atoms with Crippen molar-refractivity contribution in [2.45, 2.75) is 74.6 Å². The van der Waals surface area contributed by atoms with Crippen molar-refractivity contribution >= 4 is 5.97 Å². The number of aliphatic hydroxyl groups excluding tert-OH is 2. The molecule has 0 bridgehead atoms. The summed E-state index contributed by atoms with van der Waals surface area (Å²) in [7, 11) is 0. The highest BCUT2D eigenvalue weighted by molar-refractivity contribution is 5.92. The molecule has 0 radical (unpaired) electrons. The Labute approximate surface area is 157 Å². The van der Waals surface area contributed by atoms with Gasteiger partial charge in [-0.2, -0.15) is 0 Å². The van der Waals surface area contributed by atoms with Crippen LogP contribution in [-0.4, -0.2) is 69.6 Å². The van der Waals surface area contributed by atoms with Gasteiger partial charge in [-0.15, -0.1) is 0 Å². The molecular formula is C20H26O7. The van der Waals surface area contributed by atoms with Gasteiger partial charge in [-0.25, -0.2) is 4.79 Å². The Kier molecular flexibility index (Phi) is 2.88. The normalized spacial score (nSPS) is 58.3. The second-order valence-corrected chi connectivity index (χ2v) is 9.67. The molecule has 0 aromatic heterocycles. The monoisotopic (exact) mass is 378 g/mol. The third-order valence-corrected chi connectivity index (χ3v) is 8.96. The molecule has 1 unspecified atom stereocenters. The minimum Gasteiger partial charge on any atom is -0.458 e. The van der Waals surface area contributed by atoms with E-state index in [1.54, 1.807) is 0 Å². The number of cyclic esters (lactones) is 1. The quantitative estimate of drug-likeness (QED) is 0.460. The van der Waals surface area contributed by atoms with Crippen LogP contribution in [0.4, 0.5) is 0 Å². The molecule has 1 spiro atoms. The molecule has 7 heteroatoms. The second kappa shape index (κ2) is 4.60. The van der Waals surface area contributed by atoms with E-state index in [2.05, 4.69) is 6.92 Å². The Balaban J connectivity index is 1.45. The lowest BCUT2D eigenvalue weighted by Crippen LogP contribution is -2.73. The van der Waals surface area contributed by atoms with E-state index in [0.29, 0.717) is 32.3 Å². The number of fused-ring (bicyclic) bond motifs is 4. The average Bonchev–Trinajstić information content (AvgIpc) is 3.53. The number of hydrogen-bond donors (Lipinski definition) is 3. The molecule has 4 fully saturated rings. The third kappa shape index (κ3) is 1.50. The van der Waals surface area contributed by atoms with Gasteiger partial charge >= 0.3 is 5.97 Å². The van der Waals surface area contributed by atoms with Gasteiger partial charge in [0.15, 0.2) is 0 Å². The van der Waals surface area contributed by atoms with Crippen molar-refractivity contribution in [1.29, 1.82) is 0 Å². The highest BCUT2D eigenvalue weighted by Gasteiger charge is 2.93. The third-order valence-electron chi connectivity index (χ3n) is 8.96. The van der Waals surface area contributed by atoms with E-state index in [1.165, 1.54) is 0 Å². The molecule has 27 heavy (non-hydrogen) atoms. The highest BCUT2D eigenvalue weighted by Crippen LogP contribution is 2.77. The molecule has 3 aliphatic heterocycles. The van der Waals surface area contributed by atoms with Gasteiger partial charge in [0, 0.05) is 23.5 Å². The predicted molar refractivity (Wildman–Crippen MR) is 90.5 cm³/mol. The summed E-state index contributed by atoms with van der Waals surface area (Å²) >= 11 is 0. The smallest absolute Gasteiger partial charge is 0.334 e. The summed E-state index contributed by atoms with van der Waals surface area (Å²) in [6, 6.07) is 0. The molecule has 7 nitrogen and oxygen atoms in total. The molecule has 3 heterocycles. The first-order chi connectivity index (χ1) is 12.8. The Morgan fingerprint density at radius 3 is 2.78 bits per heavy atom. The van der Waals surface area contributed by atoms with E-state index in [1.807, 2.05) is 6.92 Å². The largest absolute Gasteiger partial charge is 0.458 e. The summed E-state index contributed by atoms with van der Waals surface area (Å²) in [4.78, 5) is 12.0. The van der Waals surface area contributed by atoms with E-state index in [9.17, 15) is 20.1 Å². The summed E-state index contributed by atoms with van der Waals surface area (Å²) in [6.45, 7) is 4.20. The maximum atomic E-state index is 12.0. The molecule has 9 atom stereocenters. The molecule has 0 aromatic carbocycles. The van der Waals surface area contributed by atoms with Crippen molar-refractivity contribution in [2.75, 3.05) is 13.2 Å². The predicted octanol–water partition coefficient (Wildman–Crippen LogP) is 0.0591. The molecule has 3 N–H and O–H groups in total. The Hall–Kier alpha value is -0.990. The van der Waals surface area contributed by atoms with Crippen LogP contribution in [0.2, 0.25) is 0 Å². The summed E-state index contributed by atoms with van der Waals surface area (Å²) in [5.74, 6) is -0.383. The molecule has 3 aliphatic carbocycles. The SMILES string of the molecule is CC(CO)[C@]12O[C@H]1[C@H]1O[C@@]13[C@@]1(C)CCC4=C(COC4=O)[C@@H]1CC[C@@]3(O)[C@@H]2O. The van der Waals surface area contributed by atoms with E-state index in [4.69, 9.17) is 14.2 Å². The molecular weight excluding hydrogens is 352 g/mol. The van der Waals surface area contributed by atoms with Crippen LogP contribution in [0.3, 0.4) is 0 Å². The van der Waals surface area contributed by atoms with Crippen molar-refractivity contribution in [1.82, 2.24) is 0 Å². The molecule has 0 amide bonds. The fraction of sp³-hybridized carbons (Fsp3) is 0.850. The number of hydrogen-bond acceptors (Lipinski definition) is 7. The lowest BCUT2D eigenvalue weighted by atomic mass is 9.45. The molecule has 0 aromatic rings. The molecule has 6 aliphatic rings. The van der Waals surface area contributed by atoms with Gasteiger partial charge in [0.25, 0.3) is 0 Å². The van der Waals surface area contributed by atoms with Crippen LogP contribution in [0.1, 0.15) is 39.5 Å². The second-order valence-electron chi connectivity index (χ2n) is 9.67. The van der Waals surface area contributed by atoms with Gasteiger partial charge in [-0.3, -0.25) is 0 Å². The highest BCUT2D eigenvalue weighted by atomic mass is 16.7. The maximum Gasteiger partial charge on any atom is 0.334 e. The van der Waals surface area contributed by atoms with Gasteiger partial charge in [0.05, 0.1) is 0 Å². The van der Waals surface area contributed by atoms with Crippen molar-refractivity contribution in [3.8, 4) is 0 Å². The lowest BCUT2D eigenvalue weighted by molar-refractivity contribution is -0.219. The fourth-order valence-corrected chi connectivity index (χ4v) is 7.42. The van der Waals surface area contributed by atoms with Gasteiger partial charge in [0.2, 0.25) is 0 Å². The van der Waals surface area contributed by atoms with Crippen LogP contribution in [0.5, 0.6) is 0 Å². The van der Waals surface area contributed by atoms with Gasteiger partial charge < -0.3 is 29.5 Å². The van der Waals surface area contributed by atoms with E-state index >= 15 is 0 Å². The van der Waals surface area contributed by atoms with Crippen LogP contribution in [0, 0.1) is 17.3 Å². The molecule has 6 rings (SSSR count). The number of ether oxygens (including phenoxy) is 3. The summed E-state index contributed by atoms with van der Waals surface area (Å²) in [6.07, 6.45) is 0.694. The number of carbonyl (C=O) groups excluding carboxylic acids is 1. The topological polar surface area (TPSA) is 112 Å². The number of epoxide rings is 2. The number of rotatable bonds is 2. The Morgan fingerprint density at radius 2 is 2.04 bits per heavy atom. The number of carbonyl (C=O) groups is 1. The van der Waals surface area contributed by atoms with Crippen molar-refractivity contribution in [2.24, 2.45) is 17.3 Å². The van der Waals surface area contributed by atoms with Crippen molar-refractivity contribution in [3.05, 3.63) is 11.1 Å². The van der Waals surface area contributed by atoms with Crippen LogP contribution in [0.25, 0.3) is 0 Å². The minimum absolute atomic E-state index is 0.103. The van der Waals surface area contributed by atoms with E-state index in [-0.39, 0.29) is 42.0 Å².